The van der Waals surface area contributed by atoms with Gasteiger partial charge in [0.05, 0.1) is 24.5 Å². The van der Waals surface area contributed by atoms with Crippen LogP contribution in [0.4, 0.5) is 0 Å². The molecule has 0 bridgehead atoms. The first-order valence-electron chi connectivity index (χ1n) is 5.38. The standard InChI is InChI=1S/C10H16ClNO2S/c11-6-8-7-14-4-3-12(8)10(13)9-2-1-5-15-9/h8-9H,1-7H2. The number of nitrogens with zero attached hydrogens (tertiary/aromatic N) is 1. The van der Waals surface area contributed by atoms with Crippen LogP contribution in [0.2, 0.25) is 0 Å². The first kappa shape index (κ1) is 11.6. The Hall–Kier alpha value is 0.0700. The fraction of sp³-hybridized carbons (Fsp3) is 0.900. The number of morpholine rings is 1. The Labute approximate surface area is 99.5 Å². The largest absolute Gasteiger partial charge is 0.377 e. The summed E-state index contributed by atoms with van der Waals surface area (Å²) in [4.78, 5) is 14.1. The van der Waals surface area contributed by atoms with E-state index in [1.807, 2.05) is 4.90 Å². The second kappa shape index (κ2) is 5.41. The minimum absolute atomic E-state index is 0.0779. The molecule has 0 radical (unpaired) electrons. The second-order valence-corrected chi connectivity index (χ2v) is 5.54. The number of rotatable bonds is 2. The van der Waals surface area contributed by atoms with Crippen LogP contribution in [0.25, 0.3) is 0 Å². The average molecular weight is 250 g/mol. The highest BCUT2D eigenvalue weighted by molar-refractivity contribution is 8.00. The molecule has 2 atom stereocenters. The van der Waals surface area contributed by atoms with Gasteiger partial charge in [0.2, 0.25) is 5.91 Å². The third-order valence-corrected chi connectivity index (χ3v) is 4.61. The maximum atomic E-state index is 12.2. The molecule has 86 valence electrons. The quantitative estimate of drug-likeness (QED) is 0.692. The van der Waals surface area contributed by atoms with Gasteiger partial charge in [0.15, 0.2) is 0 Å². The van der Waals surface area contributed by atoms with E-state index < -0.39 is 0 Å². The van der Waals surface area contributed by atoms with Gasteiger partial charge in [-0.15, -0.1) is 23.4 Å². The van der Waals surface area contributed by atoms with Gasteiger partial charge in [0, 0.05) is 12.4 Å². The van der Waals surface area contributed by atoms with Crippen LogP contribution in [-0.2, 0) is 9.53 Å². The third kappa shape index (κ3) is 2.60. The van der Waals surface area contributed by atoms with Gasteiger partial charge in [-0.05, 0) is 18.6 Å². The van der Waals surface area contributed by atoms with Crippen molar-refractivity contribution in [2.45, 2.75) is 24.1 Å². The minimum atomic E-state index is 0.0779. The number of carbonyl (C=O) groups excluding carboxylic acids is 1. The fourth-order valence-electron chi connectivity index (χ4n) is 2.03. The Morgan fingerprint density at radius 2 is 2.47 bits per heavy atom. The van der Waals surface area contributed by atoms with E-state index in [4.69, 9.17) is 16.3 Å². The van der Waals surface area contributed by atoms with Crippen LogP contribution >= 0.6 is 23.4 Å². The highest BCUT2D eigenvalue weighted by Crippen LogP contribution is 2.28. The van der Waals surface area contributed by atoms with E-state index in [9.17, 15) is 4.79 Å². The van der Waals surface area contributed by atoms with E-state index in [2.05, 4.69) is 0 Å². The maximum absolute atomic E-state index is 12.2. The Morgan fingerprint density at radius 1 is 1.60 bits per heavy atom. The second-order valence-electron chi connectivity index (χ2n) is 3.92. The summed E-state index contributed by atoms with van der Waals surface area (Å²) in [6.45, 7) is 1.94. The lowest BCUT2D eigenvalue weighted by Gasteiger charge is -2.35. The molecule has 2 fully saturated rings. The van der Waals surface area contributed by atoms with Crippen molar-refractivity contribution < 1.29 is 9.53 Å². The van der Waals surface area contributed by atoms with Crippen molar-refractivity contribution >= 4 is 29.3 Å². The molecule has 0 spiro atoms. The normalized spacial score (nSPS) is 31.9. The fourth-order valence-corrected chi connectivity index (χ4v) is 3.52. The SMILES string of the molecule is O=C(C1CCCS1)N1CCOCC1CCl. The Bertz CT molecular complexity index is 233. The van der Waals surface area contributed by atoms with Gasteiger partial charge < -0.3 is 9.64 Å². The molecular formula is C10H16ClNO2S. The van der Waals surface area contributed by atoms with E-state index in [1.165, 1.54) is 0 Å². The Kier molecular flexibility index (Phi) is 4.17. The smallest absolute Gasteiger partial charge is 0.236 e. The van der Waals surface area contributed by atoms with Crippen molar-refractivity contribution in [3.8, 4) is 0 Å². The molecule has 1 amide bonds. The number of alkyl halides is 1. The van der Waals surface area contributed by atoms with Gasteiger partial charge in [-0.1, -0.05) is 0 Å². The first-order chi connectivity index (χ1) is 7.33. The van der Waals surface area contributed by atoms with Crippen molar-refractivity contribution in [3.05, 3.63) is 0 Å². The number of hydrogen-bond donors (Lipinski definition) is 0. The van der Waals surface area contributed by atoms with Gasteiger partial charge in [-0.2, -0.15) is 0 Å². The summed E-state index contributed by atoms with van der Waals surface area (Å²) >= 11 is 7.63. The number of thioether (sulfide) groups is 1. The van der Waals surface area contributed by atoms with Crippen LogP contribution < -0.4 is 0 Å². The monoisotopic (exact) mass is 249 g/mol. The number of halogens is 1. The Balaban J connectivity index is 1.96. The van der Waals surface area contributed by atoms with Gasteiger partial charge in [-0.25, -0.2) is 0 Å². The van der Waals surface area contributed by atoms with Crippen LogP contribution in [0, 0.1) is 0 Å². The zero-order valence-electron chi connectivity index (χ0n) is 8.65. The predicted molar refractivity (Wildman–Crippen MR) is 62.5 cm³/mol. The molecule has 2 heterocycles. The van der Waals surface area contributed by atoms with Crippen LogP contribution in [0.5, 0.6) is 0 Å². The van der Waals surface area contributed by atoms with Gasteiger partial charge in [-0.3, -0.25) is 4.79 Å². The molecule has 15 heavy (non-hydrogen) atoms. The van der Waals surface area contributed by atoms with Gasteiger partial charge in [0.25, 0.3) is 0 Å². The maximum Gasteiger partial charge on any atom is 0.236 e. The Morgan fingerprint density at radius 3 is 3.13 bits per heavy atom. The molecule has 2 aliphatic heterocycles. The summed E-state index contributed by atoms with van der Waals surface area (Å²) in [6.07, 6.45) is 2.19. The molecule has 2 saturated heterocycles. The lowest BCUT2D eigenvalue weighted by atomic mass is 10.2. The predicted octanol–water partition coefficient (Wildman–Crippen LogP) is 1.35. The van der Waals surface area contributed by atoms with Crippen LogP contribution in [0.1, 0.15) is 12.8 Å². The molecule has 0 aromatic carbocycles. The molecule has 0 aromatic rings. The summed E-state index contributed by atoms with van der Waals surface area (Å²) in [5.74, 6) is 1.86. The first-order valence-corrected chi connectivity index (χ1v) is 6.97. The molecule has 3 nitrogen and oxygen atoms in total. The van der Waals surface area contributed by atoms with Gasteiger partial charge in [0.1, 0.15) is 0 Å². The summed E-state index contributed by atoms with van der Waals surface area (Å²) in [5, 5.41) is 0.175. The highest BCUT2D eigenvalue weighted by atomic mass is 35.5. The lowest BCUT2D eigenvalue weighted by Crippen LogP contribution is -2.52. The molecule has 0 N–H and O–H groups in total. The van der Waals surface area contributed by atoms with Crippen molar-refractivity contribution in [2.75, 3.05) is 31.4 Å². The zero-order chi connectivity index (χ0) is 10.7. The summed E-state index contributed by atoms with van der Waals surface area (Å²) in [6, 6.07) is 0.0779. The lowest BCUT2D eigenvalue weighted by molar-refractivity contribution is -0.138. The molecule has 2 unspecified atom stereocenters. The van der Waals surface area contributed by atoms with Crippen LogP contribution in [0.15, 0.2) is 0 Å². The number of hydrogen-bond acceptors (Lipinski definition) is 3. The van der Waals surface area contributed by atoms with E-state index in [1.54, 1.807) is 11.8 Å². The van der Waals surface area contributed by atoms with Crippen LogP contribution in [-0.4, -0.2) is 53.5 Å². The molecule has 0 saturated carbocycles. The molecule has 5 heteroatoms. The molecule has 0 aliphatic carbocycles. The molecule has 2 aliphatic rings. The van der Waals surface area contributed by atoms with E-state index in [0.717, 1.165) is 18.6 Å². The van der Waals surface area contributed by atoms with Crippen molar-refractivity contribution in [1.29, 1.82) is 0 Å². The number of amides is 1. The van der Waals surface area contributed by atoms with E-state index >= 15 is 0 Å². The number of ether oxygens (including phenoxy) is 1. The topological polar surface area (TPSA) is 29.5 Å². The molecular weight excluding hydrogens is 234 g/mol. The average Bonchev–Trinajstić information content (AvgIpc) is 2.81. The highest BCUT2D eigenvalue weighted by Gasteiger charge is 2.33. The summed E-state index contributed by atoms with van der Waals surface area (Å²) in [7, 11) is 0. The molecule has 2 rings (SSSR count). The van der Waals surface area contributed by atoms with Crippen molar-refractivity contribution in [3.63, 3.8) is 0 Å². The third-order valence-electron chi connectivity index (χ3n) is 2.89. The van der Waals surface area contributed by atoms with Gasteiger partial charge >= 0.3 is 0 Å². The van der Waals surface area contributed by atoms with Crippen LogP contribution in [0.3, 0.4) is 0 Å². The van der Waals surface area contributed by atoms with E-state index in [0.29, 0.717) is 25.6 Å². The van der Waals surface area contributed by atoms with Crippen molar-refractivity contribution in [1.82, 2.24) is 4.90 Å². The minimum Gasteiger partial charge on any atom is -0.377 e. The van der Waals surface area contributed by atoms with Crippen molar-refractivity contribution in [2.24, 2.45) is 0 Å². The summed E-state index contributed by atoms with van der Waals surface area (Å²) in [5.41, 5.74) is 0. The summed E-state index contributed by atoms with van der Waals surface area (Å²) < 4.78 is 5.33. The van der Waals surface area contributed by atoms with E-state index in [-0.39, 0.29) is 17.2 Å². The number of carbonyl (C=O) groups is 1. The molecule has 0 aromatic heterocycles. The zero-order valence-corrected chi connectivity index (χ0v) is 10.2.